The van der Waals surface area contributed by atoms with E-state index in [2.05, 4.69) is 5.32 Å². The van der Waals surface area contributed by atoms with Crippen molar-refractivity contribution in [3.8, 4) is 5.75 Å². The molecule has 3 aromatic rings. The van der Waals surface area contributed by atoms with E-state index in [1.807, 2.05) is 0 Å². The average molecular weight is 446 g/mol. The molecule has 0 aromatic heterocycles. The summed E-state index contributed by atoms with van der Waals surface area (Å²) in [6.07, 6.45) is 0. The Morgan fingerprint density at radius 3 is 2.13 bits per heavy atom. The van der Waals surface area contributed by atoms with Crippen molar-refractivity contribution in [2.24, 2.45) is 0 Å². The molecule has 0 heterocycles. The summed E-state index contributed by atoms with van der Waals surface area (Å²) >= 11 is 0. The van der Waals surface area contributed by atoms with E-state index in [-0.39, 0.29) is 17.1 Å². The van der Waals surface area contributed by atoms with Gasteiger partial charge >= 0.3 is 0 Å². The Kier molecular flexibility index (Phi) is 6.86. The van der Waals surface area contributed by atoms with Crippen molar-refractivity contribution in [3.05, 3.63) is 90.0 Å². The predicted molar refractivity (Wildman–Crippen MR) is 112 cm³/mol. The van der Waals surface area contributed by atoms with Crippen LogP contribution in [-0.4, -0.2) is 28.0 Å². The number of ether oxygens (including phenoxy) is 1. The molecule has 0 fully saturated rings. The van der Waals surface area contributed by atoms with Gasteiger partial charge in [-0.25, -0.2) is 17.2 Å². The molecule has 31 heavy (non-hydrogen) atoms. The van der Waals surface area contributed by atoms with Gasteiger partial charge in [-0.2, -0.15) is 0 Å². The third-order valence-corrected chi connectivity index (χ3v) is 6.26. The second-order valence-corrected chi connectivity index (χ2v) is 8.39. The lowest BCUT2D eigenvalue weighted by Gasteiger charge is -2.24. The second-order valence-electron chi connectivity index (χ2n) is 6.53. The van der Waals surface area contributed by atoms with Crippen LogP contribution in [0.15, 0.2) is 77.7 Å². The second kappa shape index (κ2) is 9.57. The van der Waals surface area contributed by atoms with Gasteiger partial charge in [0.05, 0.1) is 17.7 Å². The summed E-state index contributed by atoms with van der Waals surface area (Å²) in [5.41, 5.74) is 0.811. The molecule has 0 unspecified atom stereocenters. The number of amides is 1. The first-order chi connectivity index (χ1) is 14.8. The van der Waals surface area contributed by atoms with Crippen LogP contribution < -0.4 is 14.4 Å². The number of anilines is 1. The van der Waals surface area contributed by atoms with Gasteiger partial charge in [0, 0.05) is 12.1 Å². The van der Waals surface area contributed by atoms with Crippen molar-refractivity contribution in [2.75, 3.05) is 18.0 Å². The molecule has 0 saturated heterocycles. The zero-order valence-corrected chi connectivity index (χ0v) is 17.4. The fourth-order valence-electron chi connectivity index (χ4n) is 2.89. The summed E-state index contributed by atoms with van der Waals surface area (Å²) in [6.45, 7) is -0.433. The first-order valence-corrected chi connectivity index (χ1v) is 10.7. The molecule has 0 saturated carbocycles. The van der Waals surface area contributed by atoms with Gasteiger partial charge in [0.1, 0.15) is 23.9 Å². The molecule has 1 N–H and O–H groups in total. The molecule has 162 valence electrons. The maximum absolute atomic E-state index is 13.4. The van der Waals surface area contributed by atoms with Crippen LogP contribution in [0.2, 0.25) is 0 Å². The Bertz CT molecular complexity index is 1150. The molecule has 0 bridgehead atoms. The first kappa shape index (κ1) is 22.2. The maximum Gasteiger partial charge on any atom is 0.264 e. The molecule has 0 radical (unpaired) electrons. The van der Waals surface area contributed by atoms with E-state index in [4.69, 9.17) is 4.74 Å². The fourth-order valence-corrected chi connectivity index (χ4v) is 4.31. The van der Waals surface area contributed by atoms with E-state index in [0.29, 0.717) is 11.3 Å². The van der Waals surface area contributed by atoms with Crippen molar-refractivity contribution >= 4 is 21.6 Å². The number of nitrogens with one attached hydrogen (secondary N) is 1. The molecule has 0 spiro atoms. The number of sulfonamides is 1. The molecule has 0 aliphatic carbocycles. The number of methoxy groups -OCH3 is 1. The number of benzene rings is 3. The summed E-state index contributed by atoms with van der Waals surface area (Å²) in [5, 5.41) is 2.66. The van der Waals surface area contributed by atoms with Crippen molar-refractivity contribution < 1.29 is 26.7 Å². The SMILES string of the molecule is COc1ccccc1CNC(=O)CN(c1ccc(F)cc1)S(=O)(=O)c1ccc(F)cc1. The highest BCUT2D eigenvalue weighted by Crippen LogP contribution is 2.24. The Balaban J connectivity index is 1.85. The van der Waals surface area contributed by atoms with Crippen molar-refractivity contribution in [3.63, 3.8) is 0 Å². The Hall–Kier alpha value is -3.46. The van der Waals surface area contributed by atoms with E-state index >= 15 is 0 Å². The molecule has 3 aromatic carbocycles. The standard InChI is InChI=1S/C22H20F2N2O4S/c1-30-21-5-3-2-4-16(21)14-25-22(27)15-26(19-10-6-17(23)7-11-19)31(28,29)20-12-8-18(24)9-13-20/h2-13H,14-15H2,1H3,(H,25,27). The highest BCUT2D eigenvalue weighted by molar-refractivity contribution is 7.92. The molecular formula is C22H20F2N2O4S. The summed E-state index contributed by atoms with van der Waals surface area (Å²) in [7, 11) is -2.71. The Labute approximate surface area is 179 Å². The van der Waals surface area contributed by atoms with Gasteiger partial charge in [-0.05, 0) is 54.6 Å². The predicted octanol–water partition coefficient (Wildman–Crippen LogP) is 3.49. The number of carbonyl (C=O) groups is 1. The maximum atomic E-state index is 13.4. The monoisotopic (exact) mass is 446 g/mol. The molecule has 3 rings (SSSR count). The largest absolute Gasteiger partial charge is 0.496 e. The van der Waals surface area contributed by atoms with Gasteiger partial charge in [-0.3, -0.25) is 9.10 Å². The molecule has 1 amide bonds. The first-order valence-electron chi connectivity index (χ1n) is 9.24. The summed E-state index contributed by atoms with van der Waals surface area (Å²) in [6, 6.07) is 16.0. The smallest absolute Gasteiger partial charge is 0.264 e. The van der Waals surface area contributed by atoms with Gasteiger partial charge in [0.2, 0.25) is 5.91 Å². The van der Waals surface area contributed by atoms with Crippen LogP contribution in [0.5, 0.6) is 5.75 Å². The zero-order valence-electron chi connectivity index (χ0n) is 16.6. The molecule has 9 heteroatoms. The van der Waals surface area contributed by atoms with E-state index in [9.17, 15) is 22.0 Å². The minimum Gasteiger partial charge on any atom is -0.496 e. The lowest BCUT2D eigenvalue weighted by Crippen LogP contribution is -2.40. The van der Waals surface area contributed by atoms with Crippen LogP contribution >= 0.6 is 0 Å². The highest BCUT2D eigenvalue weighted by Gasteiger charge is 2.27. The summed E-state index contributed by atoms with van der Waals surface area (Å²) in [5.74, 6) is -1.15. The highest BCUT2D eigenvalue weighted by atomic mass is 32.2. The van der Waals surface area contributed by atoms with Crippen molar-refractivity contribution in [2.45, 2.75) is 11.4 Å². The fraction of sp³-hybridized carbons (Fsp3) is 0.136. The lowest BCUT2D eigenvalue weighted by molar-refractivity contribution is -0.119. The molecular weight excluding hydrogens is 426 g/mol. The number of rotatable bonds is 8. The Morgan fingerprint density at radius 1 is 0.935 bits per heavy atom. The molecule has 6 nitrogen and oxygen atoms in total. The topological polar surface area (TPSA) is 75.7 Å². The van der Waals surface area contributed by atoms with Gasteiger partial charge in [-0.15, -0.1) is 0 Å². The lowest BCUT2D eigenvalue weighted by atomic mass is 10.2. The van der Waals surface area contributed by atoms with E-state index in [1.165, 1.54) is 19.2 Å². The summed E-state index contributed by atoms with van der Waals surface area (Å²) in [4.78, 5) is 12.4. The normalized spacial score (nSPS) is 11.1. The minimum absolute atomic E-state index is 0.0955. The van der Waals surface area contributed by atoms with Crippen LogP contribution in [-0.2, 0) is 21.4 Å². The van der Waals surface area contributed by atoms with E-state index in [0.717, 1.165) is 40.7 Å². The van der Waals surface area contributed by atoms with Crippen LogP contribution in [0.1, 0.15) is 5.56 Å². The van der Waals surface area contributed by atoms with E-state index < -0.39 is 34.1 Å². The van der Waals surface area contributed by atoms with Gasteiger partial charge in [-0.1, -0.05) is 18.2 Å². The number of halogens is 2. The number of hydrogen-bond donors (Lipinski definition) is 1. The van der Waals surface area contributed by atoms with Gasteiger partial charge < -0.3 is 10.1 Å². The van der Waals surface area contributed by atoms with Gasteiger partial charge in [0.25, 0.3) is 10.0 Å². The third-order valence-electron chi connectivity index (χ3n) is 4.47. The van der Waals surface area contributed by atoms with Crippen molar-refractivity contribution in [1.82, 2.24) is 5.32 Å². The van der Waals surface area contributed by atoms with Crippen LogP contribution in [0.25, 0.3) is 0 Å². The van der Waals surface area contributed by atoms with E-state index in [1.54, 1.807) is 24.3 Å². The quantitative estimate of drug-likeness (QED) is 0.575. The summed E-state index contributed by atoms with van der Waals surface area (Å²) < 4.78 is 59.0. The number of nitrogens with zero attached hydrogens (tertiary/aromatic N) is 1. The number of para-hydroxylation sites is 1. The van der Waals surface area contributed by atoms with Crippen molar-refractivity contribution in [1.29, 1.82) is 0 Å². The number of carbonyl (C=O) groups excluding carboxylic acids is 1. The average Bonchev–Trinajstić information content (AvgIpc) is 2.77. The van der Waals surface area contributed by atoms with Gasteiger partial charge in [0.15, 0.2) is 0 Å². The van der Waals surface area contributed by atoms with Crippen LogP contribution in [0, 0.1) is 11.6 Å². The number of hydrogen-bond acceptors (Lipinski definition) is 4. The minimum atomic E-state index is -4.22. The molecule has 0 aliphatic rings. The Morgan fingerprint density at radius 2 is 1.52 bits per heavy atom. The molecule has 0 aliphatic heterocycles. The third kappa shape index (κ3) is 5.37. The zero-order chi connectivity index (χ0) is 22.4. The molecule has 0 atom stereocenters. The van der Waals surface area contributed by atoms with Crippen LogP contribution in [0.3, 0.4) is 0 Å². The van der Waals surface area contributed by atoms with Crippen LogP contribution in [0.4, 0.5) is 14.5 Å².